The van der Waals surface area contributed by atoms with E-state index in [-0.39, 0.29) is 12.1 Å². The zero-order valence-corrected chi connectivity index (χ0v) is 14.5. The third kappa shape index (κ3) is 5.36. The van der Waals surface area contributed by atoms with Crippen LogP contribution in [0.5, 0.6) is 0 Å². The Morgan fingerprint density at radius 1 is 1.12 bits per heavy atom. The van der Waals surface area contributed by atoms with Crippen molar-refractivity contribution in [3.05, 3.63) is 60.1 Å². The second kappa shape index (κ2) is 9.28. The Hall–Kier alpha value is -2.27. The largest absolute Gasteiger partial charge is 0.467 e. The summed E-state index contributed by atoms with van der Waals surface area (Å²) in [6, 6.07) is 14.3. The van der Waals surface area contributed by atoms with Crippen molar-refractivity contribution in [2.24, 2.45) is 0 Å². The van der Waals surface area contributed by atoms with Crippen LogP contribution in [-0.4, -0.2) is 36.7 Å². The van der Waals surface area contributed by atoms with Gasteiger partial charge in [0.25, 0.3) is 0 Å². The Balaban J connectivity index is 1.51. The van der Waals surface area contributed by atoms with Crippen molar-refractivity contribution in [3.8, 4) is 0 Å². The van der Waals surface area contributed by atoms with Gasteiger partial charge in [-0.25, -0.2) is 4.79 Å². The summed E-state index contributed by atoms with van der Waals surface area (Å²) < 4.78 is 10.9. The van der Waals surface area contributed by atoms with Crippen LogP contribution in [0.3, 0.4) is 0 Å². The van der Waals surface area contributed by atoms with Crippen LogP contribution in [0.1, 0.15) is 30.6 Å². The van der Waals surface area contributed by atoms with Crippen LogP contribution in [0.15, 0.2) is 53.1 Å². The smallest absolute Gasteiger partial charge is 0.318 e. The number of rotatable bonds is 7. The predicted octanol–water partition coefficient (Wildman–Crippen LogP) is 3.60. The second-order valence-corrected chi connectivity index (χ2v) is 6.37. The van der Waals surface area contributed by atoms with Crippen molar-refractivity contribution in [3.63, 3.8) is 0 Å². The van der Waals surface area contributed by atoms with E-state index in [1.54, 1.807) is 6.26 Å². The molecule has 5 heteroatoms. The first-order valence-corrected chi connectivity index (χ1v) is 9.01. The fourth-order valence-electron chi connectivity index (χ4n) is 3.17. The van der Waals surface area contributed by atoms with Gasteiger partial charge in [0.05, 0.1) is 12.8 Å². The van der Waals surface area contributed by atoms with Gasteiger partial charge in [-0.15, -0.1) is 0 Å². The van der Waals surface area contributed by atoms with Gasteiger partial charge in [-0.05, 0) is 43.4 Å². The lowest BCUT2D eigenvalue weighted by atomic mass is 10.1. The lowest BCUT2D eigenvalue weighted by Gasteiger charge is -2.33. The fourth-order valence-corrected chi connectivity index (χ4v) is 3.17. The number of urea groups is 1. The highest BCUT2D eigenvalue weighted by molar-refractivity contribution is 5.74. The van der Waals surface area contributed by atoms with E-state index in [2.05, 4.69) is 17.4 Å². The van der Waals surface area contributed by atoms with Gasteiger partial charge in [0, 0.05) is 25.8 Å². The molecule has 2 amide bonds. The highest BCUT2D eigenvalue weighted by Gasteiger charge is 2.26. The Labute approximate surface area is 149 Å². The highest BCUT2D eigenvalue weighted by Crippen LogP contribution is 2.18. The third-order valence-electron chi connectivity index (χ3n) is 4.56. The van der Waals surface area contributed by atoms with Gasteiger partial charge in [-0.2, -0.15) is 0 Å². The molecule has 134 valence electrons. The van der Waals surface area contributed by atoms with Crippen molar-refractivity contribution in [1.29, 1.82) is 0 Å². The number of ether oxygens (including phenoxy) is 1. The minimum Gasteiger partial charge on any atom is -0.467 e. The molecule has 0 bridgehead atoms. The molecule has 5 nitrogen and oxygen atoms in total. The molecule has 1 aromatic carbocycles. The molecule has 0 aliphatic carbocycles. The molecule has 1 aromatic heterocycles. The van der Waals surface area contributed by atoms with Crippen LogP contribution >= 0.6 is 0 Å². The number of hydrogen-bond acceptors (Lipinski definition) is 3. The van der Waals surface area contributed by atoms with Gasteiger partial charge in [-0.1, -0.05) is 30.3 Å². The Bertz CT molecular complexity index is 622. The third-order valence-corrected chi connectivity index (χ3v) is 4.56. The molecule has 25 heavy (non-hydrogen) atoms. The van der Waals surface area contributed by atoms with E-state index in [4.69, 9.17) is 9.15 Å². The van der Waals surface area contributed by atoms with Crippen molar-refractivity contribution >= 4 is 6.03 Å². The first-order chi connectivity index (χ1) is 12.3. The summed E-state index contributed by atoms with van der Waals surface area (Å²) in [5, 5.41) is 3.07. The average Bonchev–Trinajstić information content (AvgIpc) is 3.18. The number of amides is 2. The summed E-state index contributed by atoms with van der Waals surface area (Å²) in [6.07, 6.45) is 5.29. The zero-order valence-electron chi connectivity index (χ0n) is 14.5. The molecule has 2 heterocycles. The number of aryl methyl sites for hydroxylation is 1. The van der Waals surface area contributed by atoms with E-state index in [0.717, 1.165) is 31.4 Å². The van der Waals surface area contributed by atoms with Gasteiger partial charge in [0.15, 0.2) is 0 Å². The van der Waals surface area contributed by atoms with Crippen LogP contribution in [-0.2, 0) is 17.7 Å². The van der Waals surface area contributed by atoms with Crippen LogP contribution in [0.4, 0.5) is 4.79 Å². The Morgan fingerprint density at radius 3 is 2.64 bits per heavy atom. The summed E-state index contributed by atoms with van der Waals surface area (Å²) in [6.45, 7) is 2.59. The summed E-state index contributed by atoms with van der Waals surface area (Å²) in [5.74, 6) is 0.811. The van der Waals surface area contributed by atoms with Crippen molar-refractivity contribution in [2.75, 3.05) is 19.8 Å². The average molecular weight is 342 g/mol. The summed E-state index contributed by atoms with van der Waals surface area (Å²) in [4.78, 5) is 14.6. The number of benzene rings is 1. The first kappa shape index (κ1) is 17.5. The lowest BCUT2D eigenvalue weighted by Crippen LogP contribution is -2.48. The van der Waals surface area contributed by atoms with Gasteiger partial charge >= 0.3 is 6.03 Å². The maximum atomic E-state index is 12.7. The van der Waals surface area contributed by atoms with Crippen LogP contribution in [0, 0.1) is 0 Å². The van der Waals surface area contributed by atoms with E-state index in [0.29, 0.717) is 26.3 Å². The van der Waals surface area contributed by atoms with E-state index in [1.807, 2.05) is 35.2 Å². The molecule has 3 rings (SSSR count). The van der Waals surface area contributed by atoms with Crippen LogP contribution in [0.2, 0.25) is 0 Å². The van der Waals surface area contributed by atoms with E-state index in [9.17, 15) is 4.79 Å². The number of nitrogens with zero attached hydrogens (tertiary/aromatic N) is 1. The lowest BCUT2D eigenvalue weighted by molar-refractivity contribution is 0.0420. The Morgan fingerprint density at radius 2 is 1.92 bits per heavy atom. The second-order valence-electron chi connectivity index (χ2n) is 6.37. The van der Waals surface area contributed by atoms with Crippen LogP contribution in [0.25, 0.3) is 0 Å². The van der Waals surface area contributed by atoms with Crippen LogP contribution < -0.4 is 5.32 Å². The number of furan rings is 1. The highest BCUT2D eigenvalue weighted by atomic mass is 16.5. The monoisotopic (exact) mass is 342 g/mol. The molecule has 1 saturated heterocycles. The minimum absolute atomic E-state index is 0.0173. The number of hydrogen-bond donors (Lipinski definition) is 1. The predicted molar refractivity (Wildman–Crippen MR) is 96.3 cm³/mol. The standard InChI is InChI=1S/C20H26N2O3/c23-20(21-12-4-8-17-6-2-1-3-7-17)22(16-19-9-5-13-25-19)18-10-14-24-15-11-18/h1-3,5-7,9,13,18H,4,8,10-12,14-16H2,(H,21,23). The number of nitrogens with one attached hydrogen (secondary N) is 1. The van der Waals surface area contributed by atoms with E-state index in [1.165, 1.54) is 5.56 Å². The van der Waals surface area contributed by atoms with Gasteiger partial charge < -0.3 is 19.4 Å². The zero-order chi connectivity index (χ0) is 17.3. The van der Waals surface area contributed by atoms with E-state index < -0.39 is 0 Å². The van der Waals surface area contributed by atoms with Crippen molar-refractivity contribution in [1.82, 2.24) is 10.2 Å². The van der Waals surface area contributed by atoms with E-state index >= 15 is 0 Å². The fraction of sp³-hybridized carbons (Fsp3) is 0.450. The van der Waals surface area contributed by atoms with Gasteiger partial charge in [-0.3, -0.25) is 0 Å². The summed E-state index contributed by atoms with van der Waals surface area (Å²) in [5.41, 5.74) is 1.30. The quantitative estimate of drug-likeness (QED) is 0.782. The van der Waals surface area contributed by atoms with Gasteiger partial charge in [0.1, 0.15) is 5.76 Å². The normalized spacial score (nSPS) is 15.0. The molecular formula is C20H26N2O3. The molecule has 1 N–H and O–H groups in total. The molecule has 0 spiro atoms. The number of carbonyl (C=O) groups is 1. The topological polar surface area (TPSA) is 54.7 Å². The summed E-state index contributed by atoms with van der Waals surface area (Å²) >= 11 is 0. The molecule has 1 aliphatic rings. The minimum atomic E-state index is -0.0173. The number of carbonyl (C=O) groups excluding carboxylic acids is 1. The van der Waals surface area contributed by atoms with Crippen molar-refractivity contribution < 1.29 is 13.9 Å². The SMILES string of the molecule is O=C(NCCCc1ccccc1)N(Cc1ccco1)C1CCOCC1. The molecule has 0 saturated carbocycles. The molecule has 0 radical (unpaired) electrons. The maximum Gasteiger partial charge on any atom is 0.318 e. The van der Waals surface area contributed by atoms with Gasteiger partial charge in [0.2, 0.25) is 0 Å². The maximum absolute atomic E-state index is 12.7. The molecule has 0 unspecified atom stereocenters. The molecular weight excluding hydrogens is 316 g/mol. The molecule has 0 atom stereocenters. The molecule has 1 aliphatic heterocycles. The first-order valence-electron chi connectivity index (χ1n) is 9.01. The Kier molecular flexibility index (Phi) is 6.51. The summed E-state index contributed by atoms with van der Waals surface area (Å²) in [7, 11) is 0. The molecule has 2 aromatic rings. The molecule has 1 fully saturated rings. The van der Waals surface area contributed by atoms with Crippen molar-refractivity contribution in [2.45, 2.75) is 38.3 Å².